The van der Waals surface area contributed by atoms with Gasteiger partial charge in [0.25, 0.3) is 0 Å². The summed E-state index contributed by atoms with van der Waals surface area (Å²) in [5, 5.41) is 3.52. The third-order valence-electron chi connectivity index (χ3n) is 5.80. The number of aromatic nitrogens is 3. The predicted octanol–water partition coefficient (Wildman–Crippen LogP) is 4.11. The Morgan fingerprint density at radius 1 is 1.06 bits per heavy atom. The first-order valence-electron chi connectivity index (χ1n) is 11.5. The molecular formula is C29H23N5O2. The number of aryl methyl sites for hydroxylation is 1. The van der Waals surface area contributed by atoms with E-state index in [4.69, 9.17) is 14.7 Å². The summed E-state index contributed by atoms with van der Waals surface area (Å²) in [7, 11) is 0. The molecule has 0 spiro atoms. The summed E-state index contributed by atoms with van der Waals surface area (Å²) in [4.78, 5) is 29.6. The fourth-order valence-electron chi connectivity index (χ4n) is 4.08. The van der Waals surface area contributed by atoms with Gasteiger partial charge in [0.1, 0.15) is 17.8 Å². The van der Waals surface area contributed by atoms with Crippen LogP contribution in [0.4, 0.5) is 0 Å². The molecule has 5 rings (SSSR count). The summed E-state index contributed by atoms with van der Waals surface area (Å²) in [5.41, 5.74) is 3.13. The number of fused-ring (bicyclic) bond motifs is 1. The van der Waals surface area contributed by atoms with Crippen molar-refractivity contribution in [1.29, 1.82) is 0 Å². The first kappa shape index (κ1) is 22.9. The number of benzene rings is 2. The van der Waals surface area contributed by atoms with Crippen LogP contribution in [0.15, 0.2) is 90.0 Å². The molecule has 1 unspecified atom stereocenters. The van der Waals surface area contributed by atoms with Gasteiger partial charge in [-0.05, 0) is 48.9 Å². The molecule has 0 saturated heterocycles. The summed E-state index contributed by atoms with van der Waals surface area (Å²) < 4.78 is 6.17. The lowest BCUT2D eigenvalue weighted by molar-refractivity contribution is -0.118. The monoisotopic (exact) mass is 473 g/mol. The van der Waals surface area contributed by atoms with Crippen molar-refractivity contribution in [2.75, 3.05) is 6.54 Å². The molecule has 36 heavy (non-hydrogen) atoms. The number of ether oxygens (including phenoxy) is 1. The van der Waals surface area contributed by atoms with Gasteiger partial charge in [0, 0.05) is 24.1 Å². The zero-order valence-electron chi connectivity index (χ0n) is 19.9. The van der Waals surface area contributed by atoms with Gasteiger partial charge in [0.2, 0.25) is 5.91 Å². The minimum Gasteiger partial charge on any atom is -0.454 e. The van der Waals surface area contributed by atoms with Gasteiger partial charge in [-0.3, -0.25) is 14.8 Å². The highest BCUT2D eigenvalue weighted by Gasteiger charge is 2.38. The Balaban J connectivity index is 1.62. The largest absolute Gasteiger partial charge is 0.454 e. The lowest BCUT2D eigenvalue weighted by Gasteiger charge is -2.25. The summed E-state index contributed by atoms with van der Waals surface area (Å²) in [5.74, 6) is 7.24. The average molecular weight is 474 g/mol. The molecule has 0 saturated carbocycles. The lowest BCUT2D eigenvalue weighted by atomic mass is 9.85. The molecule has 176 valence electrons. The second kappa shape index (κ2) is 9.80. The van der Waals surface area contributed by atoms with Crippen molar-refractivity contribution in [2.24, 2.45) is 4.99 Å². The lowest BCUT2D eigenvalue weighted by Crippen LogP contribution is -2.23. The summed E-state index contributed by atoms with van der Waals surface area (Å²) in [6.07, 6.45) is 6.99. The Morgan fingerprint density at radius 2 is 1.92 bits per heavy atom. The number of nitrogens with zero attached hydrogens (tertiary/aromatic N) is 4. The number of carbonyl (C=O) groups excluding carboxylic acids is 1. The quantitative estimate of drug-likeness (QED) is 0.441. The molecule has 0 fully saturated rings. The Morgan fingerprint density at radius 3 is 2.72 bits per heavy atom. The fraction of sp³-hybridized carbons (Fsp3) is 0.138. The zero-order chi connectivity index (χ0) is 25.0. The van der Waals surface area contributed by atoms with Crippen LogP contribution in [0.3, 0.4) is 0 Å². The molecule has 0 bridgehead atoms. The van der Waals surface area contributed by atoms with Crippen molar-refractivity contribution in [3.8, 4) is 17.6 Å². The number of allylic oxidation sites excluding steroid dienone is 1. The summed E-state index contributed by atoms with van der Waals surface area (Å²) in [6.45, 7) is 3.65. The number of nitrogens with one attached hydrogen (secondary N) is 1. The molecule has 2 aromatic carbocycles. The third kappa shape index (κ3) is 4.57. The highest BCUT2D eigenvalue weighted by molar-refractivity contribution is 5.88. The van der Waals surface area contributed by atoms with Gasteiger partial charge in [-0.25, -0.2) is 9.97 Å². The molecule has 1 N–H and O–H groups in total. The Labute approximate surface area is 209 Å². The number of pyridine rings is 1. The molecule has 7 nitrogen and oxygen atoms in total. The molecule has 1 aliphatic heterocycles. The van der Waals surface area contributed by atoms with Crippen molar-refractivity contribution < 1.29 is 9.53 Å². The van der Waals surface area contributed by atoms with Crippen molar-refractivity contribution in [3.63, 3.8) is 0 Å². The van der Waals surface area contributed by atoms with Crippen LogP contribution in [0.25, 0.3) is 10.9 Å². The van der Waals surface area contributed by atoms with E-state index in [1.54, 1.807) is 18.7 Å². The van der Waals surface area contributed by atoms with Gasteiger partial charge < -0.3 is 10.1 Å². The molecular weight excluding hydrogens is 450 g/mol. The number of rotatable bonds is 5. The second-order valence-electron chi connectivity index (χ2n) is 8.29. The van der Waals surface area contributed by atoms with Crippen LogP contribution in [0.2, 0.25) is 0 Å². The van der Waals surface area contributed by atoms with Crippen molar-refractivity contribution in [1.82, 2.24) is 20.3 Å². The smallest absolute Gasteiger partial charge is 0.217 e. The molecule has 7 heteroatoms. The number of carbonyl (C=O) groups is 1. The molecule has 0 radical (unpaired) electrons. The Bertz CT molecular complexity index is 1570. The van der Waals surface area contributed by atoms with E-state index in [1.165, 1.54) is 6.92 Å². The number of hydrogen-bond acceptors (Lipinski definition) is 6. The van der Waals surface area contributed by atoms with Crippen LogP contribution in [0, 0.1) is 18.8 Å². The van der Waals surface area contributed by atoms with E-state index in [0.717, 1.165) is 33.4 Å². The SMILES string of the molecule is CC(=O)NCC#Cc1ccc2ncnc(C3(c4ccccc4)C=C(Oc4cccnc4C)C=N3)c2c1. The van der Waals surface area contributed by atoms with E-state index in [1.807, 2.05) is 73.7 Å². The predicted molar refractivity (Wildman–Crippen MR) is 138 cm³/mol. The van der Waals surface area contributed by atoms with Crippen LogP contribution in [0.5, 0.6) is 5.75 Å². The van der Waals surface area contributed by atoms with Gasteiger partial charge in [-0.15, -0.1) is 0 Å². The normalized spacial score (nSPS) is 16.2. The van der Waals surface area contributed by atoms with E-state index < -0.39 is 5.54 Å². The molecule has 1 aliphatic rings. The van der Waals surface area contributed by atoms with Crippen molar-refractivity contribution in [2.45, 2.75) is 19.4 Å². The number of hydrogen-bond donors (Lipinski definition) is 1. The van der Waals surface area contributed by atoms with E-state index in [2.05, 4.69) is 27.1 Å². The highest BCUT2D eigenvalue weighted by Crippen LogP contribution is 2.41. The van der Waals surface area contributed by atoms with Crippen LogP contribution >= 0.6 is 0 Å². The molecule has 0 aliphatic carbocycles. The third-order valence-corrected chi connectivity index (χ3v) is 5.80. The second-order valence-corrected chi connectivity index (χ2v) is 8.29. The maximum absolute atomic E-state index is 11.1. The minimum atomic E-state index is -0.907. The number of amides is 1. The van der Waals surface area contributed by atoms with Crippen LogP contribution in [-0.4, -0.2) is 33.6 Å². The van der Waals surface area contributed by atoms with Gasteiger partial charge in [-0.1, -0.05) is 42.2 Å². The van der Waals surface area contributed by atoms with Crippen LogP contribution in [-0.2, 0) is 10.3 Å². The molecule has 2 aromatic heterocycles. The van der Waals surface area contributed by atoms with Gasteiger partial charge in [0.05, 0.1) is 29.7 Å². The summed E-state index contributed by atoms with van der Waals surface area (Å²) >= 11 is 0. The first-order valence-corrected chi connectivity index (χ1v) is 11.5. The maximum Gasteiger partial charge on any atom is 0.217 e. The van der Waals surface area contributed by atoms with E-state index in [0.29, 0.717) is 11.5 Å². The standard InChI is InChI=1S/C29H23N5O2/c1-20-27(11-7-14-30-20)36-24-17-29(34-18-24,23-9-4-3-5-10-23)28-25-16-22(8-6-15-31-21(2)35)12-13-26(25)32-19-33-28/h3-5,7,9-14,16-19H,15H2,1-2H3,(H,31,35). The summed E-state index contributed by atoms with van der Waals surface area (Å²) in [6, 6.07) is 19.5. The van der Waals surface area contributed by atoms with E-state index >= 15 is 0 Å². The zero-order valence-corrected chi connectivity index (χ0v) is 19.9. The fourth-order valence-corrected chi connectivity index (χ4v) is 4.08. The highest BCUT2D eigenvalue weighted by atomic mass is 16.5. The van der Waals surface area contributed by atoms with E-state index in [9.17, 15) is 4.79 Å². The van der Waals surface area contributed by atoms with E-state index in [-0.39, 0.29) is 12.5 Å². The molecule has 1 atom stereocenters. The molecule has 4 aromatic rings. The van der Waals surface area contributed by atoms with Crippen molar-refractivity contribution in [3.05, 3.63) is 108 Å². The average Bonchev–Trinajstić information content (AvgIpc) is 3.33. The minimum absolute atomic E-state index is 0.117. The molecule has 3 heterocycles. The topological polar surface area (TPSA) is 89.4 Å². The Hall–Kier alpha value is -4.83. The maximum atomic E-state index is 11.1. The number of aliphatic imine (C=N–C) groups is 1. The van der Waals surface area contributed by atoms with Crippen LogP contribution in [0.1, 0.15) is 29.4 Å². The van der Waals surface area contributed by atoms with Gasteiger partial charge in [-0.2, -0.15) is 0 Å². The Kier molecular flexibility index (Phi) is 6.25. The van der Waals surface area contributed by atoms with Gasteiger partial charge in [0.15, 0.2) is 5.54 Å². The van der Waals surface area contributed by atoms with Crippen LogP contribution < -0.4 is 10.1 Å². The van der Waals surface area contributed by atoms with Gasteiger partial charge >= 0.3 is 0 Å². The first-order chi connectivity index (χ1) is 17.5. The molecule has 1 amide bonds. The van der Waals surface area contributed by atoms with Crippen molar-refractivity contribution >= 4 is 23.0 Å².